The fraction of sp³-hybridized carbons (Fsp3) is 0.190. The smallest absolute Gasteiger partial charge is 0.278 e. The molecule has 9 nitrogen and oxygen atoms in total. The molecule has 0 aliphatic heterocycles. The number of carbonyl (C=O) groups is 2. The number of amides is 2. The van der Waals surface area contributed by atoms with Gasteiger partial charge in [0.15, 0.2) is 5.69 Å². The van der Waals surface area contributed by atoms with Gasteiger partial charge in [-0.1, -0.05) is 30.3 Å². The van der Waals surface area contributed by atoms with Crippen LogP contribution in [0.15, 0.2) is 55.0 Å². The summed E-state index contributed by atoms with van der Waals surface area (Å²) in [6, 6.07) is 11.4. The Morgan fingerprint density at radius 1 is 1.10 bits per heavy atom. The molecular formula is C21H21N7O2. The molecule has 2 amide bonds. The summed E-state index contributed by atoms with van der Waals surface area (Å²) in [5, 5.41) is 6.87. The monoisotopic (exact) mass is 403 g/mol. The van der Waals surface area contributed by atoms with Gasteiger partial charge in [-0.05, 0) is 13.0 Å². The highest BCUT2D eigenvalue weighted by Crippen LogP contribution is 2.19. The lowest BCUT2D eigenvalue weighted by Crippen LogP contribution is -2.28. The number of benzene rings is 1. The molecule has 152 valence electrons. The Labute approximate surface area is 173 Å². The van der Waals surface area contributed by atoms with Crippen LogP contribution in [-0.2, 0) is 7.05 Å². The van der Waals surface area contributed by atoms with E-state index in [9.17, 15) is 9.59 Å². The Bertz CT molecular complexity index is 1230. The Hall–Kier alpha value is -4.01. The summed E-state index contributed by atoms with van der Waals surface area (Å²) in [4.78, 5) is 35.8. The van der Waals surface area contributed by atoms with Crippen LogP contribution >= 0.6 is 0 Å². The number of anilines is 1. The van der Waals surface area contributed by atoms with Gasteiger partial charge in [0, 0.05) is 44.8 Å². The van der Waals surface area contributed by atoms with Gasteiger partial charge in [-0.2, -0.15) is 10.1 Å². The third kappa shape index (κ3) is 3.64. The van der Waals surface area contributed by atoms with Gasteiger partial charge >= 0.3 is 0 Å². The lowest BCUT2D eigenvalue weighted by atomic mass is 10.2. The topological polar surface area (TPSA) is 97.4 Å². The normalized spacial score (nSPS) is 10.9. The molecule has 4 aromatic rings. The molecule has 0 atom stereocenters. The summed E-state index contributed by atoms with van der Waals surface area (Å²) in [5.74, 6) is 0.00960. The van der Waals surface area contributed by atoms with Crippen molar-refractivity contribution in [2.75, 3.05) is 18.9 Å². The van der Waals surface area contributed by atoms with Crippen molar-refractivity contribution in [1.29, 1.82) is 0 Å². The second-order valence-corrected chi connectivity index (χ2v) is 6.85. The number of fused-ring (bicyclic) bond motifs is 1. The molecule has 0 fully saturated rings. The Kier molecular flexibility index (Phi) is 5.01. The Balaban J connectivity index is 1.60. The van der Waals surface area contributed by atoms with Gasteiger partial charge in [0.05, 0.1) is 11.3 Å². The SMILES string of the molecule is CCN(C)C(=O)c1cn(C)nc1C(=O)Nc1ccn2cc(-c3ccccc3)nc2n1. The number of imidazole rings is 1. The largest absolute Gasteiger partial charge is 0.342 e. The van der Waals surface area contributed by atoms with Crippen LogP contribution in [0, 0.1) is 0 Å². The van der Waals surface area contributed by atoms with Gasteiger partial charge in [0.25, 0.3) is 11.8 Å². The van der Waals surface area contributed by atoms with E-state index in [1.54, 1.807) is 37.0 Å². The van der Waals surface area contributed by atoms with E-state index in [-0.39, 0.29) is 17.2 Å². The summed E-state index contributed by atoms with van der Waals surface area (Å²) in [6.07, 6.45) is 5.19. The molecule has 0 bridgehead atoms. The predicted octanol–water partition coefficient (Wildman–Crippen LogP) is 2.47. The Morgan fingerprint density at radius 2 is 1.87 bits per heavy atom. The highest BCUT2D eigenvalue weighted by atomic mass is 16.2. The van der Waals surface area contributed by atoms with Crippen molar-refractivity contribution in [3.05, 3.63) is 66.2 Å². The van der Waals surface area contributed by atoms with Crippen molar-refractivity contribution < 1.29 is 9.59 Å². The number of carbonyl (C=O) groups excluding carboxylic acids is 2. The average molecular weight is 403 g/mol. The second-order valence-electron chi connectivity index (χ2n) is 6.85. The number of nitrogens with one attached hydrogen (secondary N) is 1. The number of aryl methyl sites for hydroxylation is 1. The molecule has 4 rings (SSSR count). The molecule has 9 heteroatoms. The Morgan fingerprint density at radius 3 is 2.60 bits per heavy atom. The van der Waals surface area contributed by atoms with Crippen molar-refractivity contribution in [3.8, 4) is 11.3 Å². The molecule has 3 aromatic heterocycles. The zero-order valence-electron chi connectivity index (χ0n) is 16.9. The van der Waals surface area contributed by atoms with E-state index in [2.05, 4.69) is 20.4 Å². The van der Waals surface area contributed by atoms with Gasteiger partial charge in [-0.15, -0.1) is 0 Å². The maximum Gasteiger partial charge on any atom is 0.278 e. The fourth-order valence-electron chi connectivity index (χ4n) is 3.03. The van der Waals surface area contributed by atoms with E-state index in [0.29, 0.717) is 18.1 Å². The molecule has 0 spiro atoms. The predicted molar refractivity (Wildman–Crippen MR) is 112 cm³/mol. The molecule has 0 aliphatic rings. The molecule has 3 heterocycles. The van der Waals surface area contributed by atoms with Gasteiger partial charge in [-0.25, -0.2) is 4.98 Å². The van der Waals surface area contributed by atoms with Crippen LogP contribution in [0.3, 0.4) is 0 Å². The first-order chi connectivity index (χ1) is 14.5. The van der Waals surface area contributed by atoms with Crippen molar-refractivity contribution >= 4 is 23.4 Å². The summed E-state index contributed by atoms with van der Waals surface area (Å²) >= 11 is 0. The quantitative estimate of drug-likeness (QED) is 0.552. The first-order valence-electron chi connectivity index (χ1n) is 9.48. The van der Waals surface area contributed by atoms with E-state index < -0.39 is 5.91 Å². The first-order valence-corrected chi connectivity index (χ1v) is 9.48. The zero-order chi connectivity index (χ0) is 21.3. The number of rotatable bonds is 5. The van der Waals surface area contributed by atoms with Crippen LogP contribution in [0.4, 0.5) is 5.82 Å². The molecule has 1 N–H and O–H groups in total. The van der Waals surface area contributed by atoms with Gasteiger partial charge in [0.1, 0.15) is 5.82 Å². The molecule has 30 heavy (non-hydrogen) atoms. The summed E-state index contributed by atoms with van der Waals surface area (Å²) in [7, 11) is 3.34. The van der Waals surface area contributed by atoms with Crippen LogP contribution < -0.4 is 5.32 Å². The van der Waals surface area contributed by atoms with Crippen LogP contribution in [0.2, 0.25) is 0 Å². The van der Waals surface area contributed by atoms with Crippen LogP contribution in [0.1, 0.15) is 27.8 Å². The minimum atomic E-state index is -0.504. The van der Waals surface area contributed by atoms with E-state index in [1.165, 1.54) is 9.58 Å². The van der Waals surface area contributed by atoms with Crippen LogP contribution in [0.25, 0.3) is 17.0 Å². The van der Waals surface area contributed by atoms with Crippen LogP contribution in [0.5, 0.6) is 0 Å². The molecule has 0 unspecified atom stereocenters. The minimum absolute atomic E-state index is 0.0535. The minimum Gasteiger partial charge on any atom is -0.342 e. The lowest BCUT2D eigenvalue weighted by Gasteiger charge is -2.13. The van der Waals surface area contributed by atoms with Crippen molar-refractivity contribution in [1.82, 2.24) is 29.0 Å². The van der Waals surface area contributed by atoms with Crippen LogP contribution in [-0.4, -0.2) is 54.5 Å². The summed E-state index contributed by atoms with van der Waals surface area (Å²) in [5.41, 5.74) is 2.06. The standard InChI is InChI=1S/C21H21N7O2/c1-4-26(2)20(30)15-12-27(3)25-18(15)19(29)23-17-10-11-28-13-16(22-21(28)24-17)14-8-6-5-7-9-14/h5-13H,4H2,1-3H3,(H,22,23,24,29). The maximum absolute atomic E-state index is 12.8. The zero-order valence-corrected chi connectivity index (χ0v) is 16.9. The second kappa shape index (κ2) is 7.78. The molecule has 0 saturated carbocycles. The third-order valence-corrected chi connectivity index (χ3v) is 4.73. The van der Waals surface area contributed by atoms with Crippen molar-refractivity contribution in [2.45, 2.75) is 6.92 Å². The molecule has 1 aromatic carbocycles. The van der Waals surface area contributed by atoms with Gasteiger partial charge in [-0.3, -0.25) is 18.7 Å². The molecule has 0 saturated heterocycles. The molecule has 0 radical (unpaired) electrons. The fourth-order valence-corrected chi connectivity index (χ4v) is 3.03. The highest BCUT2D eigenvalue weighted by molar-refractivity contribution is 6.10. The third-order valence-electron chi connectivity index (χ3n) is 4.73. The first kappa shape index (κ1) is 19.3. The van der Waals surface area contributed by atoms with Gasteiger partial charge < -0.3 is 10.2 Å². The summed E-state index contributed by atoms with van der Waals surface area (Å²) < 4.78 is 3.23. The van der Waals surface area contributed by atoms with E-state index >= 15 is 0 Å². The lowest BCUT2D eigenvalue weighted by molar-refractivity contribution is 0.0797. The average Bonchev–Trinajstić information content (AvgIpc) is 3.36. The number of nitrogens with zero attached hydrogens (tertiary/aromatic N) is 6. The number of aromatic nitrogens is 5. The van der Waals surface area contributed by atoms with E-state index in [1.807, 2.05) is 43.5 Å². The number of hydrogen-bond acceptors (Lipinski definition) is 5. The van der Waals surface area contributed by atoms with Crippen molar-refractivity contribution in [3.63, 3.8) is 0 Å². The van der Waals surface area contributed by atoms with E-state index in [4.69, 9.17) is 0 Å². The highest BCUT2D eigenvalue weighted by Gasteiger charge is 2.24. The maximum atomic E-state index is 12.8. The van der Waals surface area contributed by atoms with E-state index in [0.717, 1.165) is 11.3 Å². The molecular weight excluding hydrogens is 382 g/mol. The van der Waals surface area contributed by atoms with Crippen molar-refractivity contribution in [2.24, 2.45) is 7.05 Å². The van der Waals surface area contributed by atoms with Gasteiger partial charge in [0.2, 0.25) is 5.78 Å². The summed E-state index contributed by atoms with van der Waals surface area (Å²) in [6.45, 7) is 2.39. The molecule has 0 aliphatic carbocycles. The number of hydrogen-bond donors (Lipinski definition) is 1.